The summed E-state index contributed by atoms with van der Waals surface area (Å²) in [6, 6.07) is 28.9. The molecule has 3 nitrogen and oxygen atoms in total. The summed E-state index contributed by atoms with van der Waals surface area (Å²) in [6.07, 6.45) is 0. The summed E-state index contributed by atoms with van der Waals surface area (Å²) in [7, 11) is 0. The van der Waals surface area contributed by atoms with Crippen LogP contribution in [0, 0.1) is 0 Å². The molecular weight excluding hydrogens is 344 g/mol. The number of benzene rings is 3. The Bertz CT molecular complexity index is 990. The maximum absolute atomic E-state index is 6.52. The second-order valence-electron chi connectivity index (χ2n) is 8.25. The van der Waals surface area contributed by atoms with Crippen molar-refractivity contribution in [3.63, 3.8) is 0 Å². The maximum atomic E-state index is 6.52. The predicted molar refractivity (Wildman–Crippen MR) is 116 cm³/mol. The molecule has 4 rings (SSSR count). The van der Waals surface area contributed by atoms with Gasteiger partial charge in [0.25, 0.3) is 0 Å². The van der Waals surface area contributed by atoms with Crippen LogP contribution in [-0.4, -0.2) is 11.3 Å². The zero-order valence-electron chi connectivity index (χ0n) is 16.9. The molecule has 0 fully saturated rings. The minimum atomic E-state index is -0.548. The van der Waals surface area contributed by atoms with Crippen molar-refractivity contribution in [2.75, 3.05) is 5.06 Å². The zero-order chi connectivity index (χ0) is 19.8. The molecule has 0 saturated carbocycles. The van der Waals surface area contributed by atoms with E-state index in [0.29, 0.717) is 0 Å². The van der Waals surface area contributed by atoms with E-state index in [1.165, 1.54) is 0 Å². The number of rotatable bonds is 3. The zero-order valence-corrected chi connectivity index (χ0v) is 16.9. The summed E-state index contributed by atoms with van der Waals surface area (Å²) in [5.41, 5.74) is 4.32. The molecule has 1 aliphatic heterocycles. The van der Waals surface area contributed by atoms with E-state index in [1.54, 1.807) is 0 Å². The lowest BCUT2D eigenvalue weighted by molar-refractivity contribution is -0.0392. The molecule has 3 heteroatoms. The Kier molecular flexibility index (Phi) is 4.56. The average Bonchev–Trinajstić information content (AvgIpc) is 2.92. The second kappa shape index (κ2) is 6.92. The molecule has 0 bridgehead atoms. The van der Waals surface area contributed by atoms with E-state index in [4.69, 9.17) is 9.83 Å². The van der Waals surface area contributed by atoms with Crippen LogP contribution < -0.4 is 5.06 Å². The molecule has 142 valence electrons. The fraction of sp³-hybridized carbons (Fsp3) is 0.240. The lowest BCUT2D eigenvalue weighted by Crippen LogP contribution is -2.48. The molecule has 1 heterocycles. The van der Waals surface area contributed by atoms with Crippen LogP contribution in [-0.2, 0) is 10.4 Å². The van der Waals surface area contributed by atoms with Gasteiger partial charge >= 0.3 is 0 Å². The van der Waals surface area contributed by atoms with Crippen LogP contribution in [0.4, 0.5) is 11.4 Å². The van der Waals surface area contributed by atoms with Crippen LogP contribution in [0.5, 0.6) is 0 Å². The molecule has 0 radical (unpaired) electrons. The predicted octanol–water partition coefficient (Wildman–Crippen LogP) is 6.27. The first-order chi connectivity index (χ1) is 13.4. The number of nitrogens with zero attached hydrogens (tertiary/aromatic N) is 2. The summed E-state index contributed by atoms with van der Waals surface area (Å²) in [5.74, 6) is 0. The van der Waals surface area contributed by atoms with Gasteiger partial charge in [-0.25, -0.2) is 10.1 Å². The lowest BCUT2D eigenvalue weighted by Gasteiger charge is -2.40. The molecular formula is C25H26N2O. The highest BCUT2D eigenvalue weighted by molar-refractivity contribution is 6.17. The van der Waals surface area contributed by atoms with Gasteiger partial charge in [-0.2, -0.15) is 0 Å². The van der Waals surface area contributed by atoms with E-state index < -0.39 is 5.54 Å². The molecule has 1 unspecified atom stereocenters. The number of fused-ring (bicyclic) bond motifs is 1. The third-order valence-electron chi connectivity index (χ3n) is 4.94. The van der Waals surface area contributed by atoms with Gasteiger partial charge in [0.15, 0.2) is 0 Å². The normalized spacial score (nSPS) is 20.4. The first-order valence-corrected chi connectivity index (χ1v) is 9.68. The van der Waals surface area contributed by atoms with Crippen LogP contribution in [0.25, 0.3) is 0 Å². The van der Waals surface area contributed by atoms with Crippen molar-refractivity contribution in [3.05, 3.63) is 96.1 Å². The lowest BCUT2D eigenvalue weighted by atomic mass is 9.86. The van der Waals surface area contributed by atoms with Crippen LogP contribution >= 0.6 is 0 Å². The van der Waals surface area contributed by atoms with Crippen LogP contribution in [0.1, 0.15) is 38.8 Å². The van der Waals surface area contributed by atoms with Gasteiger partial charge in [0.1, 0.15) is 5.54 Å². The van der Waals surface area contributed by atoms with Crippen molar-refractivity contribution in [2.24, 2.45) is 4.99 Å². The van der Waals surface area contributed by atoms with E-state index in [1.807, 2.05) is 41.5 Å². The van der Waals surface area contributed by atoms with E-state index in [2.05, 4.69) is 76.2 Å². The minimum Gasteiger partial charge on any atom is -0.266 e. The molecule has 0 spiro atoms. The van der Waals surface area contributed by atoms with Crippen molar-refractivity contribution in [1.29, 1.82) is 0 Å². The summed E-state index contributed by atoms with van der Waals surface area (Å²) >= 11 is 0. The monoisotopic (exact) mass is 370 g/mol. The molecule has 0 N–H and O–H groups in total. The number of hydrogen-bond acceptors (Lipinski definition) is 3. The van der Waals surface area contributed by atoms with Crippen molar-refractivity contribution >= 4 is 17.1 Å². The third kappa shape index (κ3) is 3.23. The maximum Gasteiger partial charge on any atom is 0.132 e. The Hall–Kier alpha value is -2.91. The molecule has 1 aliphatic rings. The van der Waals surface area contributed by atoms with Gasteiger partial charge in [0.2, 0.25) is 0 Å². The molecule has 3 aromatic rings. The average molecular weight is 370 g/mol. The SMILES string of the molecule is CC(C)(C)ON1c2ccccc2C(=Nc2ccccc2)C1(C)c1ccccc1. The standard InChI is InChI=1S/C25H26N2O/c1-24(2,3)28-27-22-18-12-11-17-21(22)23(26-20-15-9-6-10-16-20)25(27,4)19-13-7-5-8-14-19/h5-18H,1-4H3. The quantitative estimate of drug-likeness (QED) is 0.542. The fourth-order valence-corrected chi connectivity index (χ4v) is 3.68. The number of aliphatic imine (C=N–C) groups is 1. The Balaban J connectivity index is 1.98. The first kappa shape index (κ1) is 18.5. The highest BCUT2D eigenvalue weighted by Gasteiger charge is 2.49. The number of hydrogen-bond donors (Lipinski definition) is 0. The van der Waals surface area contributed by atoms with E-state index in [9.17, 15) is 0 Å². The number of hydroxylamine groups is 1. The Morgan fingerprint density at radius 3 is 2.00 bits per heavy atom. The van der Waals surface area contributed by atoms with Gasteiger partial charge in [0.05, 0.1) is 22.7 Å². The van der Waals surface area contributed by atoms with Crippen LogP contribution in [0.2, 0.25) is 0 Å². The minimum absolute atomic E-state index is 0.342. The molecule has 1 atom stereocenters. The Morgan fingerprint density at radius 2 is 1.36 bits per heavy atom. The molecule has 28 heavy (non-hydrogen) atoms. The van der Waals surface area contributed by atoms with Crippen LogP contribution in [0.3, 0.4) is 0 Å². The van der Waals surface area contributed by atoms with Gasteiger partial charge in [-0.1, -0.05) is 66.7 Å². The topological polar surface area (TPSA) is 24.8 Å². The highest BCUT2D eigenvalue weighted by atomic mass is 16.7. The largest absolute Gasteiger partial charge is 0.266 e. The van der Waals surface area contributed by atoms with Gasteiger partial charge in [-0.3, -0.25) is 4.84 Å². The molecule has 0 aromatic heterocycles. The van der Waals surface area contributed by atoms with Gasteiger partial charge in [-0.15, -0.1) is 0 Å². The first-order valence-electron chi connectivity index (χ1n) is 9.68. The van der Waals surface area contributed by atoms with Crippen molar-refractivity contribution in [3.8, 4) is 0 Å². The molecule has 0 amide bonds. The van der Waals surface area contributed by atoms with Crippen molar-refractivity contribution < 1.29 is 4.84 Å². The summed E-state index contributed by atoms with van der Waals surface area (Å²) in [6.45, 7) is 8.42. The highest BCUT2D eigenvalue weighted by Crippen LogP contribution is 2.47. The molecule has 0 saturated heterocycles. The van der Waals surface area contributed by atoms with Gasteiger partial charge < -0.3 is 0 Å². The summed E-state index contributed by atoms with van der Waals surface area (Å²) in [5, 5.41) is 2.04. The van der Waals surface area contributed by atoms with Gasteiger partial charge in [0, 0.05) is 5.56 Å². The summed E-state index contributed by atoms with van der Waals surface area (Å²) in [4.78, 5) is 11.6. The van der Waals surface area contributed by atoms with Crippen molar-refractivity contribution in [1.82, 2.24) is 0 Å². The van der Waals surface area contributed by atoms with E-state index in [-0.39, 0.29) is 5.60 Å². The van der Waals surface area contributed by atoms with Gasteiger partial charge in [-0.05, 0) is 51.5 Å². The fourth-order valence-electron chi connectivity index (χ4n) is 3.68. The summed E-state index contributed by atoms with van der Waals surface area (Å²) < 4.78 is 0. The van der Waals surface area contributed by atoms with E-state index in [0.717, 1.165) is 28.2 Å². The van der Waals surface area contributed by atoms with Crippen molar-refractivity contribution in [2.45, 2.75) is 38.8 Å². The molecule has 0 aliphatic carbocycles. The van der Waals surface area contributed by atoms with Crippen LogP contribution in [0.15, 0.2) is 89.9 Å². The van der Waals surface area contributed by atoms with E-state index >= 15 is 0 Å². The Morgan fingerprint density at radius 1 is 0.786 bits per heavy atom. The molecule has 3 aromatic carbocycles. The number of anilines is 1. The Labute approximate surface area is 167 Å². The second-order valence-corrected chi connectivity index (χ2v) is 8.25. The number of para-hydroxylation sites is 2. The third-order valence-corrected chi connectivity index (χ3v) is 4.94. The smallest absolute Gasteiger partial charge is 0.132 e.